The lowest BCUT2D eigenvalue weighted by atomic mass is 10.2. The number of halogens is 4. The third-order valence-electron chi connectivity index (χ3n) is 2.79. The Hall–Kier alpha value is -1.76. The number of aromatic nitrogens is 2. The molecule has 0 bridgehead atoms. The highest BCUT2D eigenvalue weighted by molar-refractivity contribution is 6.17. The van der Waals surface area contributed by atoms with Crippen LogP contribution < -0.4 is 5.73 Å². The van der Waals surface area contributed by atoms with E-state index in [1.165, 1.54) is 10.6 Å². The van der Waals surface area contributed by atoms with E-state index in [4.69, 9.17) is 17.3 Å². The summed E-state index contributed by atoms with van der Waals surface area (Å²) in [6.45, 7) is -0.145. The Labute approximate surface area is 117 Å². The number of amides is 1. The van der Waals surface area contributed by atoms with Gasteiger partial charge in [0, 0.05) is 12.3 Å². The monoisotopic (exact) mass is 305 g/mol. The van der Waals surface area contributed by atoms with Crippen molar-refractivity contribution < 1.29 is 18.0 Å². The van der Waals surface area contributed by atoms with Crippen molar-refractivity contribution in [1.29, 1.82) is 0 Å². The van der Waals surface area contributed by atoms with Gasteiger partial charge >= 0.3 is 6.18 Å². The normalized spacial score (nSPS) is 12.0. The first-order chi connectivity index (χ1) is 9.32. The molecule has 1 heterocycles. The lowest BCUT2D eigenvalue weighted by Crippen LogP contribution is -2.20. The van der Waals surface area contributed by atoms with Gasteiger partial charge in [-0.3, -0.25) is 4.79 Å². The Balaban J connectivity index is 2.58. The fraction of sp³-hybridized carbons (Fsp3) is 0.333. The van der Waals surface area contributed by atoms with Gasteiger partial charge in [-0.1, -0.05) is 0 Å². The van der Waals surface area contributed by atoms with Crippen molar-refractivity contribution in [3.63, 3.8) is 0 Å². The van der Waals surface area contributed by atoms with Crippen LogP contribution in [0.15, 0.2) is 18.2 Å². The second-order valence-electron chi connectivity index (χ2n) is 4.22. The van der Waals surface area contributed by atoms with E-state index in [9.17, 15) is 18.0 Å². The number of aryl methyl sites for hydroxylation is 1. The van der Waals surface area contributed by atoms with Crippen LogP contribution in [0.3, 0.4) is 0 Å². The topological polar surface area (TPSA) is 60.9 Å². The van der Waals surface area contributed by atoms with E-state index in [1.54, 1.807) is 0 Å². The summed E-state index contributed by atoms with van der Waals surface area (Å²) in [5.74, 6) is 0.0851. The fourth-order valence-electron chi connectivity index (χ4n) is 1.96. The Morgan fingerprint density at radius 3 is 2.65 bits per heavy atom. The predicted octanol–water partition coefficient (Wildman–Crippen LogP) is 2.32. The summed E-state index contributed by atoms with van der Waals surface area (Å²) in [5, 5.41) is 0. The molecule has 2 aromatic rings. The molecule has 0 fully saturated rings. The highest BCUT2D eigenvalue weighted by Gasteiger charge is 2.31. The van der Waals surface area contributed by atoms with Gasteiger partial charge in [-0.05, 0) is 18.2 Å². The average Bonchev–Trinajstić information content (AvgIpc) is 2.65. The van der Waals surface area contributed by atoms with Gasteiger partial charge in [0.25, 0.3) is 0 Å². The Bertz CT molecular complexity index is 651. The van der Waals surface area contributed by atoms with Crippen molar-refractivity contribution in [2.24, 2.45) is 5.73 Å². The number of hydrogen-bond donors (Lipinski definition) is 1. The Morgan fingerprint density at radius 1 is 1.40 bits per heavy atom. The van der Waals surface area contributed by atoms with Crippen LogP contribution in [-0.4, -0.2) is 21.3 Å². The van der Waals surface area contributed by atoms with Crippen molar-refractivity contribution in [2.75, 3.05) is 5.88 Å². The lowest BCUT2D eigenvalue weighted by Gasteiger charge is -2.07. The van der Waals surface area contributed by atoms with E-state index >= 15 is 0 Å². The molecule has 2 N–H and O–H groups in total. The van der Waals surface area contributed by atoms with E-state index in [0.29, 0.717) is 17.8 Å². The van der Waals surface area contributed by atoms with Crippen molar-refractivity contribution in [3.05, 3.63) is 29.6 Å². The Morgan fingerprint density at radius 2 is 2.10 bits per heavy atom. The van der Waals surface area contributed by atoms with Crippen molar-refractivity contribution in [3.8, 4) is 0 Å². The van der Waals surface area contributed by atoms with E-state index in [-0.39, 0.29) is 17.9 Å². The summed E-state index contributed by atoms with van der Waals surface area (Å²) in [7, 11) is 0. The molecule has 0 aliphatic rings. The van der Waals surface area contributed by atoms with Crippen LogP contribution >= 0.6 is 11.6 Å². The zero-order chi connectivity index (χ0) is 14.9. The number of hydrogen-bond acceptors (Lipinski definition) is 2. The quantitative estimate of drug-likeness (QED) is 0.881. The molecule has 0 saturated carbocycles. The number of imidazole rings is 1. The summed E-state index contributed by atoms with van der Waals surface area (Å²) in [6, 6.07) is 3.18. The van der Waals surface area contributed by atoms with E-state index in [2.05, 4.69) is 4.98 Å². The van der Waals surface area contributed by atoms with Gasteiger partial charge in [0.1, 0.15) is 12.4 Å². The van der Waals surface area contributed by atoms with Crippen LogP contribution in [0.4, 0.5) is 13.2 Å². The third kappa shape index (κ3) is 2.87. The fourth-order valence-corrected chi connectivity index (χ4v) is 2.13. The molecule has 0 unspecified atom stereocenters. The first-order valence-electron chi connectivity index (χ1n) is 5.73. The highest BCUT2D eigenvalue weighted by atomic mass is 35.5. The minimum atomic E-state index is -4.44. The molecular weight excluding hydrogens is 295 g/mol. The number of rotatable bonds is 4. The molecule has 0 atom stereocenters. The number of primary amides is 1. The lowest BCUT2D eigenvalue weighted by molar-refractivity contribution is -0.137. The predicted molar refractivity (Wildman–Crippen MR) is 68.4 cm³/mol. The first-order valence-corrected chi connectivity index (χ1v) is 6.27. The van der Waals surface area contributed by atoms with E-state index in [0.717, 1.165) is 12.1 Å². The molecule has 4 nitrogen and oxygen atoms in total. The number of nitrogens with two attached hydrogens (primary N) is 1. The van der Waals surface area contributed by atoms with Gasteiger partial charge in [0.15, 0.2) is 0 Å². The van der Waals surface area contributed by atoms with Crippen LogP contribution in [0.25, 0.3) is 11.0 Å². The molecular formula is C12H11ClF3N3O. The third-order valence-corrected chi connectivity index (χ3v) is 2.98. The highest BCUT2D eigenvalue weighted by Crippen LogP contribution is 2.31. The minimum absolute atomic E-state index is 0.145. The van der Waals surface area contributed by atoms with Gasteiger partial charge < -0.3 is 10.3 Å². The van der Waals surface area contributed by atoms with Crippen LogP contribution in [0.2, 0.25) is 0 Å². The minimum Gasteiger partial charge on any atom is -0.368 e. The summed E-state index contributed by atoms with van der Waals surface area (Å²) in [5.41, 5.74) is 4.95. The molecule has 2 rings (SSSR count). The number of benzene rings is 1. The maximum Gasteiger partial charge on any atom is 0.416 e. The van der Waals surface area contributed by atoms with Gasteiger partial charge in [0.2, 0.25) is 5.91 Å². The Kier molecular flexibility index (Phi) is 3.89. The van der Waals surface area contributed by atoms with Gasteiger partial charge in [0.05, 0.1) is 16.6 Å². The smallest absolute Gasteiger partial charge is 0.368 e. The molecule has 8 heteroatoms. The van der Waals surface area contributed by atoms with Crippen LogP contribution in [-0.2, 0) is 23.9 Å². The summed E-state index contributed by atoms with van der Waals surface area (Å²) in [6.07, 6.45) is -4.10. The molecule has 20 heavy (non-hydrogen) atoms. The summed E-state index contributed by atoms with van der Waals surface area (Å²) in [4.78, 5) is 15.2. The summed E-state index contributed by atoms with van der Waals surface area (Å²) < 4.78 is 39.4. The average molecular weight is 306 g/mol. The zero-order valence-corrected chi connectivity index (χ0v) is 11.0. The molecule has 0 aliphatic heterocycles. The number of nitrogens with zero attached hydrogens (tertiary/aromatic N) is 2. The molecule has 0 radical (unpaired) electrons. The molecule has 108 valence electrons. The van der Waals surface area contributed by atoms with Gasteiger partial charge in [-0.2, -0.15) is 13.2 Å². The molecule has 1 amide bonds. The van der Waals surface area contributed by atoms with Crippen molar-refractivity contribution in [1.82, 2.24) is 9.55 Å². The number of fused-ring (bicyclic) bond motifs is 1. The number of carbonyl (C=O) groups excluding carboxylic acids is 1. The van der Waals surface area contributed by atoms with Crippen molar-refractivity contribution in [2.45, 2.75) is 19.1 Å². The van der Waals surface area contributed by atoms with Crippen LogP contribution in [0, 0.1) is 0 Å². The zero-order valence-electron chi connectivity index (χ0n) is 10.2. The molecule has 1 aromatic heterocycles. The molecule has 0 spiro atoms. The largest absolute Gasteiger partial charge is 0.416 e. The number of alkyl halides is 4. The van der Waals surface area contributed by atoms with Crippen LogP contribution in [0.1, 0.15) is 11.4 Å². The van der Waals surface area contributed by atoms with Crippen LogP contribution in [0.5, 0.6) is 0 Å². The molecule has 0 saturated heterocycles. The SMILES string of the molecule is NC(=O)Cn1c(CCCl)nc2cc(C(F)(F)F)ccc21. The second-order valence-corrected chi connectivity index (χ2v) is 4.60. The second kappa shape index (κ2) is 5.32. The maximum atomic E-state index is 12.7. The van der Waals surface area contributed by atoms with Gasteiger partial charge in [-0.15, -0.1) is 11.6 Å². The first kappa shape index (κ1) is 14.6. The van der Waals surface area contributed by atoms with Gasteiger partial charge in [-0.25, -0.2) is 4.98 Å². The van der Waals surface area contributed by atoms with Crippen molar-refractivity contribution >= 4 is 28.5 Å². The van der Waals surface area contributed by atoms with E-state index in [1.807, 2.05) is 0 Å². The standard InChI is InChI=1S/C12H11ClF3N3O/c13-4-3-11-18-8-5-7(12(14,15)16)1-2-9(8)19(11)6-10(17)20/h1-2,5H,3-4,6H2,(H2,17,20). The van der Waals surface area contributed by atoms with E-state index < -0.39 is 17.6 Å². The molecule has 1 aromatic carbocycles. The molecule has 0 aliphatic carbocycles. The summed E-state index contributed by atoms with van der Waals surface area (Å²) >= 11 is 5.63. The number of carbonyl (C=O) groups is 1. The maximum absolute atomic E-state index is 12.7.